The highest BCUT2D eigenvalue weighted by atomic mass is 16.3. The minimum absolute atomic E-state index is 0.671. The molecule has 100 valence electrons. The summed E-state index contributed by atoms with van der Waals surface area (Å²) in [6, 6.07) is 10.7. The van der Waals surface area contributed by atoms with Gasteiger partial charge in [-0.15, -0.1) is 0 Å². The van der Waals surface area contributed by atoms with E-state index in [0.29, 0.717) is 6.04 Å². The fraction of sp³-hybridized carbons (Fsp3) is 0.625. The van der Waals surface area contributed by atoms with Crippen LogP contribution in [0, 0.1) is 0 Å². The molecule has 2 rings (SSSR count). The molecule has 1 aliphatic rings. The second-order valence-corrected chi connectivity index (χ2v) is 5.64. The van der Waals surface area contributed by atoms with E-state index in [0.717, 1.165) is 18.7 Å². The van der Waals surface area contributed by atoms with E-state index in [4.69, 9.17) is 0 Å². The normalized spacial score (nSPS) is 20.2. The van der Waals surface area contributed by atoms with Gasteiger partial charge in [0.15, 0.2) is 0 Å². The summed E-state index contributed by atoms with van der Waals surface area (Å²) < 4.78 is 0. The highest BCUT2D eigenvalue weighted by Gasteiger charge is 2.30. The Morgan fingerprint density at radius 3 is 2.39 bits per heavy atom. The zero-order chi connectivity index (χ0) is 13.0. The lowest BCUT2D eigenvalue weighted by Gasteiger charge is -2.35. The van der Waals surface area contributed by atoms with Gasteiger partial charge in [0.2, 0.25) is 0 Å². The van der Waals surface area contributed by atoms with Crippen LogP contribution in [0.2, 0.25) is 0 Å². The summed E-state index contributed by atoms with van der Waals surface area (Å²) in [6.45, 7) is 5.88. The van der Waals surface area contributed by atoms with Crippen LogP contribution in [0.25, 0.3) is 0 Å². The Labute approximate surface area is 111 Å². The Morgan fingerprint density at radius 1 is 1.22 bits per heavy atom. The molecule has 0 saturated heterocycles. The van der Waals surface area contributed by atoms with Gasteiger partial charge in [0.25, 0.3) is 0 Å². The molecule has 1 aliphatic carbocycles. The molecule has 1 unspecified atom stereocenters. The molecular weight excluding hydrogens is 222 g/mol. The van der Waals surface area contributed by atoms with Crippen molar-refractivity contribution in [1.29, 1.82) is 0 Å². The standard InChI is InChI=1S/C16H25NO/c1-3-17(15-11-7-8-12-15)13-16(2,18)14-9-5-4-6-10-14/h4-6,9-10,15,18H,3,7-8,11-13H2,1-2H3. The van der Waals surface area contributed by atoms with E-state index < -0.39 is 5.60 Å². The van der Waals surface area contributed by atoms with Gasteiger partial charge in [-0.05, 0) is 31.9 Å². The van der Waals surface area contributed by atoms with Crippen LogP contribution in [0.3, 0.4) is 0 Å². The number of aliphatic hydroxyl groups is 1. The lowest BCUT2D eigenvalue weighted by atomic mass is 9.94. The smallest absolute Gasteiger partial charge is 0.0994 e. The number of nitrogens with zero attached hydrogens (tertiary/aromatic N) is 1. The van der Waals surface area contributed by atoms with Crippen molar-refractivity contribution in [2.75, 3.05) is 13.1 Å². The first-order valence-electron chi connectivity index (χ1n) is 7.15. The Kier molecular flexibility index (Phi) is 4.41. The Balaban J connectivity index is 2.05. The van der Waals surface area contributed by atoms with Crippen LogP contribution in [-0.2, 0) is 5.60 Å². The number of likely N-dealkylation sites (N-methyl/N-ethyl adjacent to an activating group) is 1. The molecule has 0 bridgehead atoms. The first-order chi connectivity index (χ1) is 8.63. The molecule has 1 N–H and O–H groups in total. The van der Waals surface area contributed by atoms with Crippen molar-refractivity contribution >= 4 is 0 Å². The van der Waals surface area contributed by atoms with Crippen LogP contribution in [0.5, 0.6) is 0 Å². The van der Waals surface area contributed by atoms with E-state index in [-0.39, 0.29) is 0 Å². The minimum atomic E-state index is -0.750. The van der Waals surface area contributed by atoms with E-state index in [1.54, 1.807) is 0 Å². The van der Waals surface area contributed by atoms with Gasteiger partial charge < -0.3 is 5.11 Å². The molecule has 0 radical (unpaired) electrons. The van der Waals surface area contributed by atoms with Crippen molar-refractivity contribution in [2.24, 2.45) is 0 Å². The average molecular weight is 247 g/mol. The topological polar surface area (TPSA) is 23.5 Å². The molecule has 1 fully saturated rings. The van der Waals surface area contributed by atoms with Gasteiger partial charge in [0, 0.05) is 12.6 Å². The fourth-order valence-electron chi connectivity index (χ4n) is 3.05. The molecule has 1 atom stereocenters. The lowest BCUT2D eigenvalue weighted by molar-refractivity contribution is 0.00444. The van der Waals surface area contributed by atoms with Crippen LogP contribution in [-0.4, -0.2) is 29.1 Å². The highest BCUT2D eigenvalue weighted by molar-refractivity contribution is 5.21. The first kappa shape index (κ1) is 13.6. The molecule has 2 heteroatoms. The van der Waals surface area contributed by atoms with E-state index in [9.17, 15) is 5.11 Å². The third kappa shape index (κ3) is 3.12. The average Bonchev–Trinajstić information content (AvgIpc) is 2.91. The van der Waals surface area contributed by atoms with Crippen molar-refractivity contribution in [2.45, 2.75) is 51.2 Å². The van der Waals surface area contributed by atoms with Crippen LogP contribution in [0.1, 0.15) is 45.1 Å². The Morgan fingerprint density at radius 2 is 1.83 bits per heavy atom. The van der Waals surface area contributed by atoms with Gasteiger partial charge in [0.1, 0.15) is 0 Å². The molecular formula is C16H25NO. The molecule has 0 aliphatic heterocycles. The number of hydrogen-bond donors (Lipinski definition) is 1. The maximum absolute atomic E-state index is 10.7. The van der Waals surface area contributed by atoms with Crippen LogP contribution < -0.4 is 0 Å². The van der Waals surface area contributed by atoms with Gasteiger partial charge in [-0.1, -0.05) is 50.1 Å². The molecule has 0 heterocycles. The van der Waals surface area contributed by atoms with Crippen LogP contribution in [0.4, 0.5) is 0 Å². The number of benzene rings is 1. The second kappa shape index (κ2) is 5.85. The maximum Gasteiger partial charge on any atom is 0.0994 e. The number of rotatable bonds is 5. The van der Waals surface area contributed by atoms with Gasteiger partial charge in [-0.2, -0.15) is 0 Å². The molecule has 0 spiro atoms. The predicted molar refractivity (Wildman–Crippen MR) is 75.5 cm³/mol. The summed E-state index contributed by atoms with van der Waals surface area (Å²) in [5, 5.41) is 10.7. The second-order valence-electron chi connectivity index (χ2n) is 5.64. The largest absolute Gasteiger partial charge is 0.384 e. The van der Waals surface area contributed by atoms with Gasteiger partial charge in [0.05, 0.1) is 5.60 Å². The molecule has 0 amide bonds. The molecule has 2 nitrogen and oxygen atoms in total. The van der Waals surface area contributed by atoms with Crippen molar-refractivity contribution in [1.82, 2.24) is 4.90 Å². The first-order valence-corrected chi connectivity index (χ1v) is 7.15. The van der Waals surface area contributed by atoms with Crippen molar-refractivity contribution in [3.8, 4) is 0 Å². The molecule has 18 heavy (non-hydrogen) atoms. The predicted octanol–water partition coefficient (Wildman–Crippen LogP) is 3.16. The Hall–Kier alpha value is -0.860. The lowest BCUT2D eigenvalue weighted by Crippen LogP contribution is -2.43. The van der Waals surface area contributed by atoms with Crippen LogP contribution in [0.15, 0.2) is 30.3 Å². The summed E-state index contributed by atoms with van der Waals surface area (Å²) in [6.07, 6.45) is 5.26. The summed E-state index contributed by atoms with van der Waals surface area (Å²) in [4.78, 5) is 2.44. The van der Waals surface area contributed by atoms with Crippen molar-refractivity contribution < 1.29 is 5.11 Å². The van der Waals surface area contributed by atoms with E-state index in [1.165, 1.54) is 25.7 Å². The quantitative estimate of drug-likeness (QED) is 0.864. The third-order valence-corrected chi connectivity index (χ3v) is 4.15. The van der Waals surface area contributed by atoms with E-state index in [1.807, 2.05) is 37.3 Å². The molecule has 1 aromatic rings. The van der Waals surface area contributed by atoms with Gasteiger partial charge in [-0.3, -0.25) is 4.90 Å². The van der Waals surface area contributed by atoms with Crippen molar-refractivity contribution in [3.05, 3.63) is 35.9 Å². The number of hydrogen-bond acceptors (Lipinski definition) is 2. The third-order valence-electron chi connectivity index (χ3n) is 4.15. The fourth-order valence-corrected chi connectivity index (χ4v) is 3.05. The van der Waals surface area contributed by atoms with E-state index in [2.05, 4.69) is 11.8 Å². The molecule has 0 aromatic heterocycles. The SMILES string of the molecule is CCN(CC(C)(O)c1ccccc1)C1CCCC1. The van der Waals surface area contributed by atoms with Crippen LogP contribution >= 0.6 is 0 Å². The monoisotopic (exact) mass is 247 g/mol. The zero-order valence-corrected chi connectivity index (χ0v) is 11.6. The van der Waals surface area contributed by atoms with E-state index >= 15 is 0 Å². The summed E-state index contributed by atoms with van der Waals surface area (Å²) in [7, 11) is 0. The summed E-state index contributed by atoms with van der Waals surface area (Å²) in [5.41, 5.74) is 0.265. The summed E-state index contributed by atoms with van der Waals surface area (Å²) >= 11 is 0. The van der Waals surface area contributed by atoms with Gasteiger partial charge in [-0.25, -0.2) is 0 Å². The zero-order valence-electron chi connectivity index (χ0n) is 11.6. The molecule has 1 aromatic carbocycles. The molecule has 1 saturated carbocycles. The maximum atomic E-state index is 10.7. The van der Waals surface area contributed by atoms with Gasteiger partial charge >= 0.3 is 0 Å². The summed E-state index contributed by atoms with van der Waals surface area (Å²) in [5.74, 6) is 0. The minimum Gasteiger partial charge on any atom is -0.384 e. The Bertz CT molecular complexity index is 355. The highest BCUT2D eigenvalue weighted by Crippen LogP contribution is 2.28. The van der Waals surface area contributed by atoms with Crippen molar-refractivity contribution in [3.63, 3.8) is 0 Å².